The number of hydrogen-bond donors (Lipinski definition) is 2. The van der Waals surface area contributed by atoms with E-state index < -0.39 is 10.0 Å². The second-order valence-electron chi connectivity index (χ2n) is 4.44. The maximum absolute atomic E-state index is 11.2. The number of hydrogen-bond acceptors (Lipinski definition) is 4. The van der Waals surface area contributed by atoms with Gasteiger partial charge in [-0.25, -0.2) is 4.83 Å². The zero-order chi connectivity index (χ0) is 16.0. The molecule has 0 bridgehead atoms. The van der Waals surface area contributed by atoms with Crippen LogP contribution in [-0.2, 0) is 14.8 Å². The summed E-state index contributed by atoms with van der Waals surface area (Å²) in [4.78, 5) is 12.8. The quantitative estimate of drug-likeness (QED) is 0.843. The molecule has 0 radical (unpaired) electrons. The van der Waals surface area contributed by atoms with Gasteiger partial charge in [-0.05, 0) is 18.2 Å². The standard InChI is InChI=1S/C8H9NO.C7H6N2O2S/c1-7(10)9-8-5-3-2-4-6-8;10-12(11)7-4-2-1-3-6(7)5-8-9-12/h2-6H,1H3,(H,9,10);1-5,9H. The van der Waals surface area contributed by atoms with Crippen molar-refractivity contribution in [1.29, 1.82) is 0 Å². The minimum Gasteiger partial charge on any atom is -0.326 e. The summed E-state index contributed by atoms with van der Waals surface area (Å²) in [6.07, 6.45) is 1.48. The topological polar surface area (TPSA) is 87.6 Å². The Morgan fingerprint density at radius 1 is 1.05 bits per heavy atom. The minimum absolute atomic E-state index is 0.0359. The maximum Gasteiger partial charge on any atom is 0.277 e. The van der Waals surface area contributed by atoms with Crippen LogP contribution < -0.4 is 10.1 Å². The van der Waals surface area contributed by atoms with E-state index in [0.717, 1.165) is 5.69 Å². The second kappa shape index (κ2) is 6.86. The van der Waals surface area contributed by atoms with Gasteiger partial charge in [0.05, 0.1) is 11.1 Å². The third kappa shape index (κ3) is 4.16. The van der Waals surface area contributed by atoms with E-state index in [-0.39, 0.29) is 10.8 Å². The number of benzene rings is 2. The van der Waals surface area contributed by atoms with Crippen molar-refractivity contribution in [3.05, 3.63) is 60.2 Å². The van der Waals surface area contributed by atoms with Crippen LogP contribution in [0.4, 0.5) is 5.69 Å². The molecule has 6 nitrogen and oxygen atoms in total. The van der Waals surface area contributed by atoms with Crippen LogP contribution in [0.1, 0.15) is 12.5 Å². The normalized spacial score (nSPS) is 13.9. The Labute approximate surface area is 128 Å². The average Bonchev–Trinajstić information content (AvgIpc) is 2.48. The van der Waals surface area contributed by atoms with Crippen LogP contribution in [0.5, 0.6) is 0 Å². The van der Waals surface area contributed by atoms with Crippen molar-refractivity contribution in [3.8, 4) is 0 Å². The Morgan fingerprint density at radius 2 is 1.68 bits per heavy atom. The first-order chi connectivity index (χ1) is 10.5. The molecule has 114 valence electrons. The molecule has 0 saturated heterocycles. The second-order valence-corrected chi connectivity index (χ2v) is 6.07. The summed E-state index contributed by atoms with van der Waals surface area (Å²) in [6, 6.07) is 16.1. The van der Waals surface area contributed by atoms with Crippen LogP contribution >= 0.6 is 0 Å². The van der Waals surface area contributed by atoms with E-state index in [1.165, 1.54) is 13.1 Å². The van der Waals surface area contributed by atoms with Crippen LogP contribution in [0.15, 0.2) is 64.6 Å². The molecule has 2 N–H and O–H groups in total. The number of anilines is 1. The molecule has 0 aromatic heterocycles. The highest BCUT2D eigenvalue weighted by Gasteiger charge is 2.18. The van der Waals surface area contributed by atoms with Gasteiger partial charge < -0.3 is 5.32 Å². The molecule has 0 spiro atoms. The van der Waals surface area contributed by atoms with E-state index in [9.17, 15) is 13.2 Å². The molecule has 3 rings (SSSR count). The lowest BCUT2D eigenvalue weighted by atomic mass is 10.2. The fourth-order valence-electron chi connectivity index (χ4n) is 1.77. The van der Waals surface area contributed by atoms with Gasteiger partial charge in [-0.2, -0.15) is 13.5 Å². The van der Waals surface area contributed by atoms with E-state index in [2.05, 4.69) is 15.2 Å². The summed E-state index contributed by atoms with van der Waals surface area (Å²) in [5.41, 5.74) is 1.46. The largest absolute Gasteiger partial charge is 0.326 e. The van der Waals surface area contributed by atoms with Gasteiger partial charge in [0.25, 0.3) is 10.0 Å². The Hall–Kier alpha value is -2.67. The molecule has 1 aliphatic heterocycles. The lowest BCUT2D eigenvalue weighted by Gasteiger charge is -2.10. The molecule has 0 aliphatic carbocycles. The lowest BCUT2D eigenvalue weighted by molar-refractivity contribution is -0.114. The van der Waals surface area contributed by atoms with Crippen LogP contribution in [0.2, 0.25) is 0 Å². The summed E-state index contributed by atoms with van der Waals surface area (Å²) in [6.45, 7) is 1.49. The van der Waals surface area contributed by atoms with E-state index in [0.29, 0.717) is 5.56 Å². The molecule has 2 aromatic carbocycles. The molecule has 0 unspecified atom stereocenters. The molecule has 7 heteroatoms. The van der Waals surface area contributed by atoms with E-state index in [1.54, 1.807) is 24.3 Å². The van der Waals surface area contributed by atoms with Crippen molar-refractivity contribution >= 4 is 27.8 Å². The summed E-state index contributed by atoms with van der Waals surface area (Å²) in [5, 5.41) is 6.17. The van der Waals surface area contributed by atoms with Crippen molar-refractivity contribution < 1.29 is 13.2 Å². The highest BCUT2D eigenvalue weighted by atomic mass is 32.2. The number of rotatable bonds is 1. The Bertz CT molecular complexity index is 787. The molecule has 1 amide bonds. The van der Waals surface area contributed by atoms with Crippen LogP contribution in [0, 0.1) is 0 Å². The number of carbonyl (C=O) groups is 1. The summed E-state index contributed by atoms with van der Waals surface area (Å²) >= 11 is 0. The third-order valence-corrected chi connectivity index (χ3v) is 3.98. The van der Waals surface area contributed by atoms with Crippen molar-refractivity contribution in [2.24, 2.45) is 5.10 Å². The smallest absolute Gasteiger partial charge is 0.277 e. The van der Waals surface area contributed by atoms with Crippen molar-refractivity contribution in [3.63, 3.8) is 0 Å². The molecule has 2 aromatic rings. The number of para-hydroxylation sites is 1. The SMILES string of the molecule is CC(=O)Nc1ccccc1.O=S1(=O)NN=Cc2ccccc21. The molecule has 0 atom stereocenters. The Balaban J connectivity index is 0.000000164. The Morgan fingerprint density at radius 3 is 2.32 bits per heavy atom. The molecular formula is C15H15N3O3S. The van der Waals surface area contributed by atoms with Gasteiger partial charge in [0.2, 0.25) is 5.91 Å². The molecule has 1 heterocycles. The van der Waals surface area contributed by atoms with Gasteiger partial charge in [-0.1, -0.05) is 36.4 Å². The summed E-state index contributed by atoms with van der Waals surface area (Å²) in [7, 11) is -3.39. The number of nitrogens with one attached hydrogen (secondary N) is 2. The molecule has 0 fully saturated rings. The highest BCUT2D eigenvalue weighted by Crippen LogP contribution is 2.15. The summed E-state index contributed by atoms with van der Waals surface area (Å²) < 4.78 is 22.5. The molecular weight excluding hydrogens is 302 g/mol. The predicted molar refractivity (Wildman–Crippen MR) is 85.1 cm³/mol. The van der Waals surface area contributed by atoms with E-state index in [1.807, 2.05) is 30.3 Å². The highest BCUT2D eigenvalue weighted by molar-refractivity contribution is 7.89. The van der Waals surface area contributed by atoms with E-state index >= 15 is 0 Å². The zero-order valence-electron chi connectivity index (χ0n) is 11.9. The zero-order valence-corrected chi connectivity index (χ0v) is 12.7. The number of carbonyl (C=O) groups excluding carboxylic acids is 1. The van der Waals surface area contributed by atoms with Crippen LogP contribution in [0.3, 0.4) is 0 Å². The average molecular weight is 317 g/mol. The summed E-state index contributed by atoms with van der Waals surface area (Å²) in [5.74, 6) is -0.0359. The van der Waals surface area contributed by atoms with Gasteiger partial charge in [0.15, 0.2) is 0 Å². The predicted octanol–water partition coefficient (Wildman–Crippen LogP) is 1.96. The van der Waals surface area contributed by atoms with Gasteiger partial charge >= 0.3 is 0 Å². The number of amides is 1. The lowest BCUT2D eigenvalue weighted by Crippen LogP contribution is -2.23. The first kappa shape index (κ1) is 15.7. The van der Waals surface area contributed by atoms with Gasteiger partial charge in [0, 0.05) is 18.2 Å². The van der Waals surface area contributed by atoms with Gasteiger partial charge in [-0.15, -0.1) is 0 Å². The first-order valence-electron chi connectivity index (χ1n) is 6.45. The minimum atomic E-state index is -3.39. The van der Waals surface area contributed by atoms with Crippen molar-refractivity contribution in [2.45, 2.75) is 11.8 Å². The number of sulfonamides is 1. The number of fused-ring (bicyclic) bond motifs is 1. The van der Waals surface area contributed by atoms with Crippen LogP contribution in [0.25, 0.3) is 0 Å². The molecule has 1 aliphatic rings. The number of hydrazone groups is 1. The maximum atomic E-state index is 11.2. The Kier molecular flexibility index (Phi) is 4.90. The fourth-order valence-corrected chi connectivity index (χ4v) is 2.75. The van der Waals surface area contributed by atoms with Crippen molar-refractivity contribution in [2.75, 3.05) is 5.32 Å². The fraction of sp³-hybridized carbons (Fsp3) is 0.0667. The molecule has 0 saturated carbocycles. The van der Waals surface area contributed by atoms with Gasteiger partial charge in [-0.3, -0.25) is 4.79 Å². The van der Waals surface area contributed by atoms with E-state index in [4.69, 9.17) is 0 Å². The van der Waals surface area contributed by atoms with Crippen LogP contribution in [-0.4, -0.2) is 20.5 Å². The van der Waals surface area contributed by atoms with Gasteiger partial charge in [0.1, 0.15) is 0 Å². The number of nitrogens with zero attached hydrogens (tertiary/aromatic N) is 1. The van der Waals surface area contributed by atoms with Crippen molar-refractivity contribution in [1.82, 2.24) is 4.83 Å². The third-order valence-electron chi connectivity index (χ3n) is 2.68. The monoisotopic (exact) mass is 317 g/mol. The first-order valence-corrected chi connectivity index (χ1v) is 7.94. The molecule has 22 heavy (non-hydrogen) atoms.